The zero-order chi connectivity index (χ0) is 23.2. The van der Waals surface area contributed by atoms with E-state index in [4.69, 9.17) is 16.3 Å². The number of carbonyl (C=O) groups is 2. The van der Waals surface area contributed by atoms with Gasteiger partial charge >= 0.3 is 0 Å². The molecule has 0 aliphatic heterocycles. The van der Waals surface area contributed by atoms with Gasteiger partial charge in [-0.2, -0.15) is 0 Å². The van der Waals surface area contributed by atoms with Crippen LogP contribution in [0, 0.1) is 5.82 Å². The lowest BCUT2D eigenvalue weighted by Gasteiger charge is -2.33. The predicted molar refractivity (Wildman–Crippen MR) is 124 cm³/mol. The molecule has 2 rings (SSSR count). The molecule has 2 aromatic carbocycles. The van der Waals surface area contributed by atoms with Crippen LogP contribution in [0.15, 0.2) is 46.9 Å². The first kappa shape index (κ1) is 25.1. The van der Waals surface area contributed by atoms with Crippen molar-refractivity contribution in [3.8, 4) is 5.75 Å². The van der Waals surface area contributed by atoms with E-state index in [-0.39, 0.29) is 30.8 Å². The van der Waals surface area contributed by atoms with Gasteiger partial charge in [-0.15, -0.1) is 0 Å². The lowest BCUT2D eigenvalue weighted by molar-refractivity contribution is -0.143. The second-order valence-corrected chi connectivity index (χ2v) is 9.50. The third-order valence-corrected chi connectivity index (χ3v) is 5.18. The molecule has 2 amide bonds. The zero-order valence-corrected chi connectivity index (χ0v) is 20.4. The van der Waals surface area contributed by atoms with Crippen LogP contribution in [-0.2, 0) is 16.1 Å². The van der Waals surface area contributed by atoms with E-state index in [1.54, 1.807) is 30.3 Å². The molecule has 0 bridgehead atoms. The van der Waals surface area contributed by atoms with Crippen molar-refractivity contribution in [2.24, 2.45) is 0 Å². The fourth-order valence-corrected chi connectivity index (χ4v) is 3.70. The summed E-state index contributed by atoms with van der Waals surface area (Å²) in [6.07, 6.45) is 0.411. The van der Waals surface area contributed by atoms with Gasteiger partial charge in [0.05, 0.1) is 5.02 Å². The Bertz CT molecular complexity index is 916. The van der Waals surface area contributed by atoms with Gasteiger partial charge in [0, 0.05) is 16.6 Å². The number of carbonyl (C=O) groups excluding carboxylic acids is 2. The van der Waals surface area contributed by atoms with Crippen molar-refractivity contribution in [1.82, 2.24) is 10.2 Å². The van der Waals surface area contributed by atoms with Crippen molar-refractivity contribution in [3.05, 3.63) is 63.3 Å². The first-order chi connectivity index (χ1) is 14.5. The van der Waals surface area contributed by atoms with E-state index >= 15 is 0 Å². The Morgan fingerprint density at radius 2 is 1.84 bits per heavy atom. The minimum Gasteiger partial charge on any atom is -0.482 e. The number of rotatable bonds is 8. The van der Waals surface area contributed by atoms with Crippen LogP contribution in [0.3, 0.4) is 0 Å². The van der Waals surface area contributed by atoms with Gasteiger partial charge in [0.15, 0.2) is 6.61 Å². The number of halogens is 3. The van der Waals surface area contributed by atoms with E-state index in [1.807, 2.05) is 27.7 Å². The quantitative estimate of drug-likeness (QED) is 0.518. The molecule has 0 saturated carbocycles. The van der Waals surface area contributed by atoms with E-state index in [0.717, 1.165) is 4.47 Å². The van der Waals surface area contributed by atoms with Gasteiger partial charge in [-0.05, 0) is 63.1 Å². The molecule has 0 unspecified atom stereocenters. The summed E-state index contributed by atoms with van der Waals surface area (Å²) in [7, 11) is 0. The molecule has 0 heterocycles. The van der Waals surface area contributed by atoms with Gasteiger partial charge in [-0.25, -0.2) is 4.39 Å². The second kappa shape index (κ2) is 11.0. The van der Waals surface area contributed by atoms with Crippen LogP contribution in [-0.4, -0.2) is 34.9 Å². The molecule has 31 heavy (non-hydrogen) atoms. The lowest BCUT2D eigenvalue weighted by atomic mass is 10.1. The summed E-state index contributed by atoms with van der Waals surface area (Å²) in [6.45, 7) is 7.33. The van der Waals surface area contributed by atoms with E-state index in [2.05, 4.69) is 21.2 Å². The van der Waals surface area contributed by atoms with Crippen molar-refractivity contribution in [1.29, 1.82) is 0 Å². The standard InChI is InChI=1S/C23H27BrClFN2O3/c1-5-19(22(30)27-23(2,3)4)28(13-15-6-9-17(26)10-7-15)21(29)14-31-20-11-8-16(24)12-18(20)25/h6-12,19H,5,13-14H2,1-4H3,(H,27,30)/t19-/m1/s1. The number of nitrogens with zero attached hydrogens (tertiary/aromatic N) is 1. The molecule has 0 radical (unpaired) electrons. The van der Waals surface area contributed by atoms with Gasteiger partial charge in [-0.3, -0.25) is 9.59 Å². The Kier molecular flexibility index (Phi) is 8.89. The highest BCUT2D eigenvalue weighted by Crippen LogP contribution is 2.28. The Morgan fingerprint density at radius 1 is 1.19 bits per heavy atom. The van der Waals surface area contributed by atoms with Crippen LogP contribution < -0.4 is 10.1 Å². The van der Waals surface area contributed by atoms with Crippen LogP contribution in [0.2, 0.25) is 5.02 Å². The van der Waals surface area contributed by atoms with Crippen molar-refractivity contribution >= 4 is 39.3 Å². The summed E-state index contributed by atoms with van der Waals surface area (Å²) in [5.41, 5.74) is 0.259. The summed E-state index contributed by atoms with van der Waals surface area (Å²) >= 11 is 9.49. The molecule has 0 aliphatic carbocycles. The lowest BCUT2D eigenvalue weighted by Crippen LogP contribution is -2.54. The molecule has 168 valence electrons. The van der Waals surface area contributed by atoms with Gasteiger partial charge in [0.2, 0.25) is 5.91 Å². The molecule has 0 saturated heterocycles. The maximum atomic E-state index is 13.3. The van der Waals surface area contributed by atoms with Crippen molar-refractivity contribution < 1.29 is 18.7 Å². The smallest absolute Gasteiger partial charge is 0.261 e. The number of nitrogens with one attached hydrogen (secondary N) is 1. The van der Waals surface area contributed by atoms with Crippen LogP contribution >= 0.6 is 27.5 Å². The minimum absolute atomic E-state index is 0.145. The first-order valence-electron chi connectivity index (χ1n) is 9.94. The topological polar surface area (TPSA) is 58.6 Å². The van der Waals surface area contributed by atoms with Crippen LogP contribution in [0.1, 0.15) is 39.7 Å². The Hall–Kier alpha value is -2.12. The van der Waals surface area contributed by atoms with Crippen molar-refractivity contribution in [2.75, 3.05) is 6.61 Å². The van der Waals surface area contributed by atoms with Crippen molar-refractivity contribution in [3.63, 3.8) is 0 Å². The minimum atomic E-state index is -0.708. The predicted octanol–water partition coefficient (Wildman–Crippen LogP) is 5.34. The Labute approximate surface area is 196 Å². The maximum Gasteiger partial charge on any atom is 0.261 e. The summed E-state index contributed by atoms with van der Waals surface area (Å²) in [5.74, 6) is -0.633. The summed E-state index contributed by atoms with van der Waals surface area (Å²) < 4.78 is 19.7. The SMILES string of the molecule is CC[C@H](C(=O)NC(C)(C)C)N(Cc1ccc(F)cc1)C(=O)COc1ccc(Br)cc1Cl. The van der Waals surface area contributed by atoms with Crippen LogP contribution in [0.4, 0.5) is 4.39 Å². The normalized spacial score (nSPS) is 12.2. The average Bonchev–Trinajstić information content (AvgIpc) is 2.67. The Morgan fingerprint density at radius 3 is 2.39 bits per heavy atom. The number of ether oxygens (including phenoxy) is 1. The first-order valence-corrected chi connectivity index (χ1v) is 11.1. The summed E-state index contributed by atoms with van der Waals surface area (Å²) in [4.78, 5) is 27.5. The Balaban J connectivity index is 2.24. The molecule has 1 atom stereocenters. The highest BCUT2D eigenvalue weighted by Gasteiger charge is 2.31. The molecule has 2 aromatic rings. The summed E-state index contributed by atoms with van der Waals surface area (Å²) in [5, 5.41) is 3.30. The second-order valence-electron chi connectivity index (χ2n) is 8.17. The van der Waals surface area contributed by atoms with Gasteiger partial charge in [0.25, 0.3) is 5.91 Å². The number of hydrogen-bond donors (Lipinski definition) is 1. The third kappa shape index (κ3) is 7.82. The summed E-state index contributed by atoms with van der Waals surface area (Å²) in [6, 6.07) is 10.2. The van der Waals surface area contributed by atoms with E-state index < -0.39 is 11.6 Å². The number of amides is 2. The molecule has 0 aliphatic rings. The number of benzene rings is 2. The van der Waals surface area contributed by atoms with Gasteiger partial charge in [-0.1, -0.05) is 46.6 Å². The molecule has 0 spiro atoms. The van der Waals surface area contributed by atoms with E-state index in [1.165, 1.54) is 17.0 Å². The van der Waals surface area contributed by atoms with Crippen LogP contribution in [0.25, 0.3) is 0 Å². The molecule has 0 fully saturated rings. The van der Waals surface area contributed by atoms with Gasteiger partial charge < -0.3 is 15.0 Å². The molecule has 8 heteroatoms. The van der Waals surface area contributed by atoms with Crippen molar-refractivity contribution in [2.45, 2.75) is 52.2 Å². The molecule has 5 nitrogen and oxygen atoms in total. The molecule has 0 aromatic heterocycles. The third-order valence-electron chi connectivity index (χ3n) is 4.40. The fraction of sp³-hybridized carbons (Fsp3) is 0.391. The average molecular weight is 514 g/mol. The molecule has 1 N–H and O–H groups in total. The molecular weight excluding hydrogens is 487 g/mol. The monoisotopic (exact) mass is 512 g/mol. The highest BCUT2D eigenvalue weighted by molar-refractivity contribution is 9.10. The fourth-order valence-electron chi connectivity index (χ4n) is 2.97. The van der Waals surface area contributed by atoms with Crippen LogP contribution in [0.5, 0.6) is 5.75 Å². The van der Waals surface area contributed by atoms with E-state index in [0.29, 0.717) is 22.8 Å². The largest absolute Gasteiger partial charge is 0.482 e. The van der Waals surface area contributed by atoms with Gasteiger partial charge in [0.1, 0.15) is 17.6 Å². The number of hydrogen-bond acceptors (Lipinski definition) is 3. The maximum absolute atomic E-state index is 13.3. The van der Waals surface area contributed by atoms with E-state index in [9.17, 15) is 14.0 Å². The molecular formula is C23H27BrClFN2O3. The highest BCUT2D eigenvalue weighted by atomic mass is 79.9. The zero-order valence-electron chi connectivity index (χ0n) is 18.0.